The number of rotatable bonds is 7. The average molecular weight is 513 g/mol. The molecule has 0 spiro atoms. The van der Waals surface area contributed by atoms with Crippen molar-refractivity contribution in [1.82, 2.24) is 10.2 Å². The van der Waals surface area contributed by atoms with Crippen molar-refractivity contribution in [3.8, 4) is 0 Å². The van der Waals surface area contributed by atoms with E-state index in [9.17, 15) is 26.8 Å². The van der Waals surface area contributed by atoms with Gasteiger partial charge in [0.2, 0.25) is 0 Å². The lowest BCUT2D eigenvalue weighted by Gasteiger charge is -2.35. The van der Waals surface area contributed by atoms with Crippen LogP contribution >= 0.6 is 0 Å². The van der Waals surface area contributed by atoms with Gasteiger partial charge in [-0.15, -0.1) is 0 Å². The number of carbonyl (C=O) groups excluding carboxylic acids is 2. The number of benzene rings is 3. The molecular formula is C27H26F2N2O4S. The van der Waals surface area contributed by atoms with Crippen molar-refractivity contribution in [2.24, 2.45) is 0 Å². The Labute approximate surface area is 208 Å². The van der Waals surface area contributed by atoms with Crippen LogP contribution in [0, 0.1) is 11.6 Å². The van der Waals surface area contributed by atoms with Crippen molar-refractivity contribution in [2.75, 3.05) is 13.3 Å². The highest BCUT2D eigenvalue weighted by Crippen LogP contribution is 2.40. The van der Waals surface area contributed by atoms with Gasteiger partial charge in [0.1, 0.15) is 17.2 Å². The lowest BCUT2D eigenvalue weighted by molar-refractivity contribution is -0.128. The maximum absolute atomic E-state index is 14.2. The van der Waals surface area contributed by atoms with Gasteiger partial charge in [-0.3, -0.25) is 4.79 Å². The zero-order chi connectivity index (χ0) is 26.3. The molecule has 1 aliphatic rings. The Kier molecular flexibility index (Phi) is 6.70. The number of nitrogens with one attached hydrogen (secondary N) is 1. The first-order valence-corrected chi connectivity index (χ1v) is 13.2. The lowest BCUT2D eigenvalue weighted by atomic mass is 9.77. The lowest BCUT2D eigenvalue weighted by Crippen LogP contribution is -2.50. The van der Waals surface area contributed by atoms with Gasteiger partial charge in [0.25, 0.3) is 0 Å². The Morgan fingerprint density at radius 3 is 2.14 bits per heavy atom. The predicted octanol–water partition coefficient (Wildman–Crippen LogP) is 4.61. The maximum Gasteiger partial charge on any atom is 0.318 e. The number of nitrogens with zero attached hydrogens (tertiary/aromatic N) is 1. The Morgan fingerprint density at radius 1 is 1.00 bits per heavy atom. The number of Topliss-reactive ketones (excluding diaryl/α,β-unsaturated/α-hetero) is 1. The molecule has 36 heavy (non-hydrogen) atoms. The van der Waals surface area contributed by atoms with Crippen LogP contribution in [-0.4, -0.2) is 44.0 Å². The second-order valence-electron chi connectivity index (χ2n) is 9.22. The van der Waals surface area contributed by atoms with Gasteiger partial charge >= 0.3 is 6.03 Å². The number of amides is 2. The second kappa shape index (κ2) is 9.46. The molecule has 1 aliphatic heterocycles. The molecule has 1 fully saturated rings. The zero-order valence-electron chi connectivity index (χ0n) is 20.0. The third kappa shape index (κ3) is 4.75. The molecule has 188 valence electrons. The Balaban J connectivity index is 1.77. The van der Waals surface area contributed by atoms with Gasteiger partial charge in [-0.2, -0.15) is 0 Å². The second-order valence-corrected chi connectivity index (χ2v) is 11.2. The van der Waals surface area contributed by atoms with E-state index in [-0.39, 0.29) is 22.7 Å². The summed E-state index contributed by atoms with van der Waals surface area (Å²) >= 11 is 0. The molecule has 3 atom stereocenters. The zero-order valence-corrected chi connectivity index (χ0v) is 20.9. The molecule has 0 aliphatic carbocycles. The van der Waals surface area contributed by atoms with Gasteiger partial charge in [-0.25, -0.2) is 22.0 Å². The maximum atomic E-state index is 14.2. The van der Waals surface area contributed by atoms with E-state index in [2.05, 4.69) is 5.32 Å². The van der Waals surface area contributed by atoms with Crippen LogP contribution in [0.1, 0.15) is 42.0 Å². The number of carbonyl (C=O) groups is 2. The Morgan fingerprint density at radius 2 is 1.58 bits per heavy atom. The van der Waals surface area contributed by atoms with E-state index in [1.54, 1.807) is 6.92 Å². The summed E-state index contributed by atoms with van der Waals surface area (Å²) in [7, 11) is -1.92. The number of hydrogen-bond donors (Lipinski definition) is 1. The van der Waals surface area contributed by atoms with Crippen LogP contribution in [0.4, 0.5) is 13.6 Å². The molecule has 1 heterocycles. The van der Waals surface area contributed by atoms with Gasteiger partial charge in [0.15, 0.2) is 15.6 Å². The number of urea groups is 1. The standard InChI is InChI=1S/C27H26F2N2O4S/c1-27(25(30-26(33)31(27)2)18-7-5-4-6-8-18)24(32)16-23(19-13-20(28)15-21(29)14-19)17-9-11-22(12-10-17)36(3,34)35/h4-15,23,25H,16H2,1-3H3,(H,30,33)/t23-,25?,27?/m1/s1. The number of ketones is 1. The average Bonchev–Trinajstić information content (AvgIpc) is 3.07. The molecule has 4 rings (SSSR count). The number of halogens is 2. The molecular weight excluding hydrogens is 486 g/mol. The first-order chi connectivity index (χ1) is 16.9. The summed E-state index contributed by atoms with van der Waals surface area (Å²) in [6.07, 6.45) is 0.899. The molecule has 9 heteroatoms. The fraction of sp³-hybridized carbons (Fsp3) is 0.259. The SMILES string of the molecule is CN1C(=O)NC(c2ccccc2)C1(C)C(=O)C[C@H](c1ccc(S(C)(=O)=O)cc1)c1cc(F)cc(F)c1. The van der Waals surface area contributed by atoms with Gasteiger partial charge in [-0.1, -0.05) is 42.5 Å². The van der Waals surface area contributed by atoms with E-state index >= 15 is 0 Å². The van der Waals surface area contributed by atoms with E-state index in [1.807, 2.05) is 30.3 Å². The number of sulfone groups is 1. The molecule has 2 unspecified atom stereocenters. The fourth-order valence-electron chi connectivity index (χ4n) is 4.71. The van der Waals surface area contributed by atoms with Crippen LogP contribution < -0.4 is 5.32 Å². The van der Waals surface area contributed by atoms with Crippen LogP contribution in [0.3, 0.4) is 0 Å². The first kappa shape index (κ1) is 25.5. The minimum Gasteiger partial charge on any atom is -0.328 e. The molecule has 0 aromatic heterocycles. The molecule has 0 saturated carbocycles. The molecule has 3 aromatic rings. The summed E-state index contributed by atoms with van der Waals surface area (Å²) in [5.41, 5.74) is 0.208. The Hall–Kier alpha value is -3.59. The van der Waals surface area contributed by atoms with Crippen molar-refractivity contribution in [1.29, 1.82) is 0 Å². The molecule has 1 N–H and O–H groups in total. The minimum atomic E-state index is -3.46. The molecule has 0 radical (unpaired) electrons. The van der Waals surface area contributed by atoms with Crippen molar-refractivity contribution < 1.29 is 26.8 Å². The highest BCUT2D eigenvalue weighted by atomic mass is 32.2. The number of hydrogen-bond acceptors (Lipinski definition) is 4. The van der Waals surface area contributed by atoms with Crippen molar-refractivity contribution in [2.45, 2.75) is 35.7 Å². The normalized spacial score (nSPS) is 20.8. The molecule has 1 saturated heterocycles. The molecule has 6 nitrogen and oxygen atoms in total. The van der Waals surface area contributed by atoms with Crippen LogP contribution in [-0.2, 0) is 14.6 Å². The van der Waals surface area contributed by atoms with Gasteiger partial charge < -0.3 is 10.2 Å². The molecule has 2 amide bonds. The topological polar surface area (TPSA) is 83.6 Å². The fourth-order valence-corrected chi connectivity index (χ4v) is 5.34. The van der Waals surface area contributed by atoms with E-state index in [0.717, 1.165) is 30.0 Å². The van der Waals surface area contributed by atoms with E-state index < -0.39 is 45.0 Å². The van der Waals surface area contributed by atoms with Crippen LogP contribution in [0.25, 0.3) is 0 Å². The smallest absolute Gasteiger partial charge is 0.318 e. The Bertz CT molecular complexity index is 1390. The summed E-state index contributed by atoms with van der Waals surface area (Å²) in [5, 5.41) is 2.87. The third-order valence-corrected chi connectivity index (χ3v) is 8.04. The highest BCUT2D eigenvalue weighted by Gasteiger charge is 2.53. The van der Waals surface area contributed by atoms with Crippen molar-refractivity contribution in [3.63, 3.8) is 0 Å². The number of likely N-dealkylation sites (N-methyl/N-ethyl adjacent to an activating group) is 1. The molecule has 0 bridgehead atoms. The van der Waals surface area contributed by atoms with E-state index in [1.165, 1.54) is 36.2 Å². The van der Waals surface area contributed by atoms with Crippen LogP contribution in [0.15, 0.2) is 77.7 Å². The van der Waals surface area contributed by atoms with Gasteiger partial charge in [-0.05, 0) is 47.9 Å². The largest absolute Gasteiger partial charge is 0.328 e. The quantitative estimate of drug-likeness (QED) is 0.501. The third-order valence-electron chi connectivity index (χ3n) is 6.92. The monoisotopic (exact) mass is 512 g/mol. The summed E-state index contributed by atoms with van der Waals surface area (Å²) < 4.78 is 52.2. The highest BCUT2D eigenvalue weighted by molar-refractivity contribution is 7.90. The van der Waals surface area contributed by atoms with Crippen LogP contribution in [0.5, 0.6) is 0 Å². The van der Waals surface area contributed by atoms with E-state index in [0.29, 0.717) is 5.56 Å². The summed E-state index contributed by atoms with van der Waals surface area (Å²) in [4.78, 5) is 28.0. The van der Waals surface area contributed by atoms with Crippen molar-refractivity contribution >= 4 is 21.7 Å². The summed E-state index contributed by atoms with van der Waals surface area (Å²) in [6.45, 7) is 1.67. The predicted molar refractivity (Wildman–Crippen MR) is 131 cm³/mol. The first-order valence-electron chi connectivity index (χ1n) is 11.3. The minimum absolute atomic E-state index is 0.0863. The summed E-state index contributed by atoms with van der Waals surface area (Å²) in [6, 6.07) is 17.0. The van der Waals surface area contributed by atoms with Gasteiger partial charge in [0.05, 0.1) is 10.9 Å². The summed E-state index contributed by atoms with van der Waals surface area (Å²) in [5.74, 6) is -2.69. The van der Waals surface area contributed by atoms with Crippen molar-refractivity contribution in [3.05, 3.63) is 101 Å². The van der Waals surface area contributed by atoms with Gasteiger partial charge in [0, 0.05) is 31.7 Å². The molecule has 3 aromatic carbocycles. The van der Waals surface area contributed by atoms with E-state index in [4.69, 9.17) is 0 Å². The van der Waals surface area contributed by atoms with Crippen LogP contribution in [0.2, 0.25) is 0 Å².